The van der Waals surface area contributed by atoms with E-state index in [9.17, 15) is 19.2 Å². The number of para-hydroxylation sites is 1. The quantitative estimate of drug-likeness (QED) is 0.122. The molecule has 1 aromatic heterocycles. The molecule has 7 nitrogen and oxygen atoms in total. The van der Waals surface area contributed by atoms with Crippen LogP contribution in [0, 0.1) is 6.92 Å². The van der Waals surface area contributed by atoms with Crippen LogP contribution in [0.5, 0.6) is 0 Å². The fourth-order valence-electron chi connectivity index (χ4n) is 4.97. The Hall–Kier alpha value is -5.14. The Kier molecular flexibility index (Phi) is 6.88. The van der Waals surface area contributed by atoms with Crippen LogP contribution in [0.3, 0.4) is 0 Å². The van der Waals surface area contributed by atoms with Gasteiger partial charge in [-0.1, -0.05) is 77.8 Å². The van der Waals surface area contributed by atoms with Gasteiger partial charge in [0, 0.05) is 16.5 Å². The molecule has 5 aromatic rings. The third kappa shape index (κ3) is 4.74. The molecule has 0 radical (unpaired) electrons. The number of halogens is 1. The number of ether oxygens (including phenoxy) is 1. The maximum Gasteiger partial charge on any atom is 0.339 e. The summed E-state index contributed by atoms with van der Waals surface area (Å²) in [6, 6.07) is 27.1. The fourth-order valence-corrected chi connectivity index (χ4v) is 5.18. The monoisotopic (exact) mass is 574 g/mol. The third-order valence-corrected chi connectivity index (χ3v) is 7.52. The van der Waals surface area contributed by atoms with Crippen molar-refractivity contribution < 1.29 is 23.9 Å². The molecule has 6 rings (SSSR count). The Morgan fingerprint density at radius 2 is 1.48 bits per heavy atom. The number of rotatable bonds is 6. The van der Waals surface area contributed by atoms with E-state index in [1.54, 1.807) is 84.9 Å². The van der Waals surface area contributed by atoms with Crippen LogP contribution in [-0.4, -0.2) is 34.7 Å². The summed E-state index contributed by atoms with van der Waals surface area (Å²) in [6.45, 7) is 3.46. The molecule has 0 fully saturated rings. The number of esters is 1. The average molecular weight is 575 g/mol. The highest BCUT2D eigenvalue weighted by Gasteiger charge is 2.36. The molecule has 8 heteroatoms. The Morgan fingerprint density at radius 1 is 0.833 bits per heavy atom. The molecule has 0 aliphatic carbocycles. The van der Waals surface area contributed by atoms with Gasteiger partial charge in [0.1, 0.15) is 0 Å². The lowest BCUT2D eigenvalue weighted by atomic mass is 10.0. The zero-order valence-electron chi connectivity index (χ0n) is 22.6. The molecular weight excluding hydrogens is 552 g/mol. The SMILES string of the molecule is Cc1ccc(C(=O)[C@H](C)OC(=O)c2cc(-c3ccc(N4C(=O)c5ccccc5C4=O)cc3)nc3c(Cl)cccc23)cc1. The average Bonchev–Trinajstić information content (AvgIpc) is 3.26. The molecule has 0 spiro atoms. The Morgan fingerprint density at radius 3 is 2.12 bits per heavy atom. The third-order valence-electron chi connectivity index (χ3n) is 7.21. The van der Waals surface area contributed by atoms with Gasteiger partial charge in [0.05, 0.1) is 38.6 Å². The van der Waals surface area contributed by atoms with Crippen molar-refractivity contribution in [2.45, 2.75) is 20.0 Å². The van der Waals surface area contributed by atoms with E-state index in [2.05, 4.69) is 0 Å². The number of amides is 2. The molecule has 4 aromatic carbocycles. The number of pyridine rings is 1. The summed E-state index contributed by atoms with van der Waals surface area (Å²) >= 11 is 6.48. The first kappa shape index (κ1) is 27.1. The summed E-state index contributed by atoms with van der Waals surface area (Å²) in [5, 5.41) is 0.823. The molecule has 0 bridgehead atoms. The largest absolute Gasteiger partial charge is 0.451 e. The number of carbonyl (C=O) groups excluding carboxylic acids is 4. The van der Waals surface area contributed by atoms with E-state index in [-0.39, 0.29) is 11.3 Å². The predicted molar refractivity (Wildman–Crippen MR) is 160 cm³/mol. The highest BCUT2D eigenvalue weighted by atomic mass is 35.5. The van der Waals surface area contributed by atoms with E-state index in [0.29, 0.717) is 49.6 Å². The lowest BCUT2D eigenvalue weighted by molar-refractivity contribution is 0.0320. The molecular formula is C34H23ClN2O5. The summed E-state index contributed by atoms with van der Waals surface area (Å²) < 4.78 is 5.62. The number of hydrogen-bond donors (Lipinski definition) is 0. The second-order valence-corrected chi connectivity index (χ2v) is 10.4. The zero-order valence-corrected chi connectivity index (χ0v) is 23.4. The van der Waals surface area contributed by atoms with Crippen LogP contribution in [0.15, 0.2) is 97.1 Å². The number of benzene rings is 4. The van der Waals surface area contributed by atoms with Gasteiger partial charge in [-0.2, -0.15) is 0 Å². The number of aryl methyl sites for hydroxylation is 1. The van der Waals surface area contributed by atoms with Crippen molar-refractivity contribution in [1.29, 1.82) is 0 Å². The first-order chi connectivity index (χ1) is 20.2. The van der Waals surface area contributed by atoms with E-state index < -0.39 is 23.9 Å². The zero-order chi connectivity index (χ0) is 29.5. The van der Waals surface area contributed by atoms with Crippen LogP contribution in [0.4, 0.5) is 5.69 Å². The molecule has 2 amide bonds. The van der Waals surface area contributed by atoms with Crippen molar-refractivity contribution >= 4 is 51.8 Å². The van der Waals surface area contributed by atoms with Gasteiger partial charge in [0.25, 0.3) is 11.8 Å². The van der Waals surface area contributed by atoms with E-state index in [1.165, 1.54) is 6.92 Å². The van der Waals surface area contributed by atoms with Crippen molar-refractivity contribution in [2.75, 3.05) is 4.90 Å². The lowest BCUT2D eigenvalue weighted by Gasteiger charge is -2.16. The minimum atomic E-state index is -1.02. The summed E-state index contributed by atoms with van der Waals surface area (Å²) in [7, 11) is 0. The Balaban J connectivity index is 1.32. The lowest BCUT2D eigenvalue weighted by Crippen LogP contribution is -2.29. The van der Waals surface area contributed by atoms with Crippen LogP contribution in [0.2, 0.25) is 5.02 Å². The van der Waals surface area contributed by atoms with Crippen molar-refractivity contribution in [1.82, 2.24) is 4.98 Å². The van der Waals surface area contributed by atoms with Gasteiger partial charge in [0.15, 0.2) is 6.10 Å². The number of aromatic nitrogens is 1. The van der Waals surface area contributed by atoms with Crippen molar-refractivity contribution in [2.24, 2.45) is 0 Å². The second-order valence-electron chi connectivity index (χ2n) is 10.0. The minimum absolute atomic E-state index is 0.200. The standard InChI is InChI=1S/C34H23ClN2O5/c1-19-10-12-22(13-11-19)31(38)20(2)42-34(41)27-18-29(36-30-24(27)8-5-9-28(30)35)21-14-16-23(17-15-21)37-32(39)25-6-3-4-7-26(25)33(37)40/h3-18,20H,1-2H3/t20-/m0/s1. The van der Waals surface area contributed by atoms with Crippen LogP contribution >= 0.6 is 11.6 Å². The number of imide groups is 1. The molecule has 1 aliphatic rings. The topological polar surface area (TPSA) is 93.6 Å². The fraction of sp³-hybridized carbons (Fsp3) is 0.0882. The Bertz CT molecular complexity index is 1880. The normalized spacial score (nSPS) is 13.3. The van der Waals surface area contributed by atoms with Gasteiger partial charge >= 0.3 is 5.97 Å². The molecule has 0 N–H and O–H groups in total. The van der Waals surface area contributed by atoms with Gasteiger partial charge < -0.3 is 4.74 Å². The molecule has 0 saturated carbocycles. The Labute approximate surface area is 246 Å². The van der Waals surface area contributed by atoms with Gasteiger partial charge in [-0.3, -0.25) is 14.4 Å². The first-order valence-electron chi connectivity index (χ1n) is 13.2. The molecule has 206 valence electrons. The maximum atomic E-state index is 13.4. The number of anilines is 1. The number of ketones is 1. The number of fused-ring (bicyclic) bond motifs is 2. The minimum Gasteiger partial charge on any atom is -0.451 e. The van der Waals surface area contributed by atoms with Crippen LogP contribution in [-0.2, 0) is 4.74 Å². The number of hydrogen-bond acceptors (Lipinski definition) is 6. The maximum absolute atomic E-state index is 13.4. The first-order valence-corrected chi connectivity index (χ1v) is 13.6. The van der Waals surface area contributed by atoms with E-state index in [0.717, 1.165) is 10.5 Å². The molecule has 1 atom stereocenters. The van der Waals surface area contributed by atoms with Crippen LogP contribution in [0.25, 0.3) is 22.2 Å². The van der Waals surface area contributed by atoms with Gasteiger partial charge in [-0.25, -0.2) is 14.7 Å². The van der Waals surface area contributed by atoms with E-state index >= 15 is 0 Å². The summed E-state index contributed by atoms with van der Waals surface area (Å²) in [6.07, 6.45) is -1.02. The summed E-state index contributed by atoms with van der Waals surface area (Å²) in [5.41, 5.74) is 4.22. The molecule has 0 unspecified atom stereocenters. The highest BCUT2D eigenvalue weighted by molar-refractivity contribution is 6.35. The van der Waals surface area contributed by atoms with Gasteiger partial charge in [-0.15, -0.1) is 0 Å². The molecule has 42 heavy (non-hydrogen) atoms. The smallest absolute Gasteiger partial charge is 0.339 e. The number of Topliss-reactive ketones (excluding diaryl/α,β-unsaturated/α-hetero) is 1. The highest BCUT2D eigenvalue weighted by Crippen LogP contribution is 2.33. The molecule has 1 aliphatic heterocycles. The second kappa shape index (κ2) is 10.7. The van der Waals surface area contributed by atoms with Crippen LogP contribution < -0.4 is 4.90 Å². The van der Waals surface area contributed by atoms with Gasteiger partial charge in [-0.05, 0) is 50.2 Å². The van der Waals surface area contributed by atoms with E-state index in [1.807, 2.05) is 19.1 Å². The molecule has 0 saturated heterocycles. The van der Waals surface area contributed by atoms with Gasteiger partial charge in [0.2, 0.25) is 5.78 Å². The number of carbonyl (C=O) groups is 4. The molecule has 2 heterocycles. The summed E-state index contributed by atoms with van der Waals surface area (Å²) in [5.74, 6) is -1.79. The van der Waals surface area contributed by atoms with Crippen molar-refractivity contribution in [3.63, 3.8) is 0 Å². The van der Waals surface area contributed by atoms with Crippen molar-refractivity contribution in [3.8, 4) is 11.3 Å². The van der Waals surface area contributed by atoms with Crippen LogP contribution in [0.1, 0.15) is 53.9 Å². The predicted octanol–water partition coefficient (Wildman–Crippen LogP) is 7.09. The summed E-state index contributed by atoms with van der Waals surface area (Å²) in [4.78, 5) is 58.0. The van der Waals surface area contributed by atoms with E-state index in [4.69, 9.17) is 21.3 Å². The number of nitrogens with zero attached hydrogens (tertiary/aromatic N) is 2. The van der Waals surface area contributed by atoms with Crippen molar-refractivity contribution in [3.05, 3.63) is 130 Å².